The van der Waals surface area contributed by atoms with Crippen molar-refractivity contribution in [3.8, 4) is 11.1 Å². The van der Waals surface area contributed by atoms with Crippen molar-refractivity contribution in [1.29, 1.82) is 0 Å². The largest absolute Gasteiger partial charge is 0.0911 e. The van der Waals surface area contributed by atoms with Gasteiger partial charge in [-0.3, -0.25) is 0 Å². The summed E-state index contributed by atoms with van der Waals surface area (Å²) in [5.74, 6) is 0. The third-order valence-electron chi connectivity index (χ3n) is 1.57. The first-order chi connectivity index (χ1) is 3.79. The molecule has 0 saturated heterocycles. The number of rotatable bonds is 0. The van der Waals surface area contributed by atoms with Gasteiger partial charge in [-0.1, -0.05) is 13.2 Å². The van der Waals surface area contributed by atoms with E-state index < -0.39 is 0 Å². The summed E-state index contributed by atoms with van der Waals surface area (Å²) in [5, 5.41) is 2.19. The van der Waals surface area contributed by atoms with E-state index in [0.717, 1.165) is 10.4 Å². The molecule has 0 saturated carbocycles. The maximum absolute atomic E-state index is 3.84. The molecule has 0 heterocycles. The zero-order valence-corrected chi connectivity index (χ0v) is 4.57. The highest BCUT2D eigenvalue weighted by Crippen LogP contribution is 2.26. The Bertz CT molecular complexity index is 334. The van der Waals surface area contributed by atoms with Crippen LogP contribution in [0.5, 0.6) is 0 Å². The lowest BCUT2D eigenvalue weighted by Gasteiger charge is -1.64. The molecular formula is C8H6. The molecule has 8 heavy (non-hydrogen) atoms. The molecule has 38 valence electrons. The zero-order valence-electron chi connectivity index (χ0n) is 4.57. The van der Waals surface area contributed by atoms with E-state index >= 15 is 0 Å². The molecule has 0 spiro atoms. The smallest absolute Gasteiger partial charge is 0.0105 e. The van der Waals surface area contributed by atoms with Gasteiger partial charge in [-0.05, 0) is 33.7 Å². The minimum absolute atomic E-state index is 1.08. The van der Waals surface area contributed by atoms with E-state index in [1.54, 1.807) is 0 Å². The SMILES string of the molecule is C=c1cc2cc-2c1=C. The van der Waals surface area contributed by atoms with Crippen molar-refractivity contribution in [1.82, 2.24) is 0 Å². The van der Waals surface area contributed by atoms with Crippen LogP contribution in [0.4, 0.5) is 0 Å². The van der Waals surface area contributed by atoms with Crippen LogP contribution in [0.3, 0.4) is 0 Å². The Morgan fingerprint density at radius 2 is 1.88 bits per heavy atom. The highest BCUT2D eigenvalue weighted by atomic mass is 14.1. The second kappa shape index (κ2) is 0.873. The highest BCUT2D eigenvalue weighted by Gasteiger charge is 2.11. The highest BCUT2D eigenvalue weighted by molar-refractivity contribution is 5.81. The van der Waals surface area contributed by atoms with E-state index in [1.807, 2.05) is 0 Å². The molecule has 0 aromatic heterocycles. The van der Waals surface area contributed by atoms with Gasteiger partial charge in [0.1, 0.15) is 0 Å². The summed E-state index contributed by atoms with van der Waals surface area (Å²) in [6.45, 7) is 7.64. The van der Waals surface area contributed by atoms with E-state index in [9.17, 15) is 0 Å². The lowest BCUT2D eigenvalue weighted by molar-refractivity contribution is 1.72. The molecule has 0 N–H and O–H groups in total. The second-order valence-corrected chi connectivity index (χ2v) is 2.16. The fourth-order valence-corrected chi connectivity index (χ4v) is 0.948. The number of fused-ring (bicyclic) bond motifs is 1. The Labute approximate surface area is 47.8 Å². The van der Waals surface area contributed by atoms with Crippen molar-refractivity contribution >= 4 is 13.2 Å². The lowest BCUT2D eigenvalue weighted by atomic mass is 10.4. The van der Waals surface area contributed by atoms with Gasteiger partial charge in [0.15, 0.2) is 0 Å². The van der Waals surface area contributed by atoms with Gasteiger partial charge < -0.3 is 0 Å². The Morgan fingerprint density at radius 1 is 1.12 bits per heavy atom. The monoisotopic (exact) mass is 102 g/mol. The van der Waals surface area contributed by atoms with Gasteiger partial charge >= 0.3 is 0 Å². The van der Waals surface area contributed by atoms with Crippen LogP contribution >= 0.6 is 0 Å². The number of hydrogen-bond donors (Lipinski definition) is 0. The van der Waals surface area contributed by atoms with Gasteiger partial charge in [-0.2, -0.15) is 0 Å². The molecule has 0 bridgehead atoms. The molecule has 0 amide bonds. The first-order valence-electron chi connectivity index (χ1n) is 2.61. The van der Waals surface area contributed by atoms with Crippen molar-refractivity contribution in [2.45, 2.75) is 0 Å². The van der Waals surface area contributed by atoms with Gasteiger partial charge in [0.05, 0.1) is 0 Å². The zero-order chi connectivity index (χ0) is 5.72. The average molecular weight is 102 g/mol. The molecule has 0 radical (unpaired) electrons. The molecule has 0 atom stereocenters. The maximum Gasteiger partial charge on any atom is -0.0105 e. The Hall–Kier alpha value is -1.04. The molecule has 0 aliphatic heterocycles. The van der Waals surface area contributed by atoms with Crippen LogP contribution in [0.15, 0.2) is 12.1 Å². The van der Waals surface area contributed by atoms with Crippen LogP contribution in [-0.2, 0) is 0 Å². The lowest BCUT2D eigenvalue weighted by Crippen LogP contribution is -2.14. The number of hydrogen-bond acceptors (Lipinski definition) is 0. The van der Waals surface area contributed by atoms with E-state index in [0.29, 0.717) is 0 Å². The standard InChI is InChI=1S/C8H6/c1-5-3-7-4-8(7)6(5)2/h3-4H,1-2H2. The molecule has 0 fully saturated rings. The summed E-state index contributed by atoms with van der Waals surface area (Å²) in [6, 6.07) is 4.19. The number of benzene rings is 1. The third kappa shape index (κ3) is 0.270. The van der Waals surface area contributed by atoms with Crippen LogP contribution in [0.25, 0.3) is 24.3 Å². The van der Waals surface area contributed by atoms with Gasteiger partial charge in [-0.25, -0.2) is 0 Å². The molecule has 2 rings (SSSR count). The summed E-state index contributed by atoms with van der Waals surface area (Å²) in [4.78, 5) is 0. The van der Waals surface area contributed by atoms with Gasteiger partial charge in [0, 0.05) is 0 Å². The fourth-order valence-electron chi connectivity index (χ4n) is 0.948. The summed E-state index contributed by atoms with van der Waals surface area (Å²) < 4.78 is 0. The van der Waals surface area contributed by atoms with E-state index in [2.05, 4.69) is 25.3 Å². The Kier molecular flexibility index (Phi) is 0.426. The summed E-state index contributed by atoms with van der Waals surface area (Å²) in [5.41, 5.74) is 2.65. The molecular weight excluding hydrogens is 96.1 g/mol. The summed E-state index contributed by atoms with van der Waals surface area (Å²) in [6.07, 6.45) is 0. The summed E-state index contributed by atoms with van der Waals surface area (Å²) in [7, 11) is 0. The van der Waals surface area contributed by atoms with Crippen molar-refractivity contribution in [2.75, 3.05) is 0 Å². The molecule has 0 aromatic rings. The van der Waals surface area contributed by atoms with Crippen molar-refractivity contribution in [2.24, 2.45) is 0 Å². The minimum Gasteiger partial charge on any atom is -0.0911 e. The normalized spacial score (nSPS) is 11.5. The van der Waals surface area contributed by atoms with E-state index in [-0.39, 0.29) is 0 Å². The topological polar surface area (TPSA) is 0 Å². The Balaban J connectivity index is 3.13. The van der Waals surface area contributed by atoms with Crippen LogP contribution in [0.2, 0.25) is 0 Å². The molecule has 2 aliphatic carbocycles. The average Bonchev–Trinajstić information content (AvgIpc) is 2.39. The van der Waals surface area contributed by atoms with Crippen LogP contribution in [0.1, 0.15) is 0 Å². The minimum atomic E-state index is 1.08. The van der Waals surface area contributed by atoms with Gasteiger partial charge in [-0.15, -0.1) is 0 Å². The summed E-state index contributed by atoms with van der Waals surface area (Å²) >= 11 is 0. The Morgan fingerprint density at radius 3 is 2.12 bits per heavy atom. The van der Waals surface area contributed by atoms with Crippen LogP contribution < -0.4 is 10.4 Å². The predicted molar refractivity (Wildman–Crippen MR) is 35.7 cm³/mol. The molecule has 0 aromatic carbocycles. The fraction of sp³-hybridized carbons (Fsp3) is 0. The van der Waals surface area contributed by atoms with E-state index in [1.165, 1.54) is 11.1 Å². The molecule has 0 heteroatoms. The molecule has 2 aliphatic rings. The van der Waals surface area contributed by atoms with Crippen molar-refractivity contribution < 1.29 is 0 Å². The van der Waals surface area contributed by atoms with Crippen molar-refractivity contribution in [3.05, 3.63) is 22.6 Å². The molecule has 0 nitrogen and oxygen atoms in total. The van der Waals surface area contributed by atoms with Crippen molar-refractivity contribution in [3.63, 3.8) is 0 Å². The van der Waals surface area contributed by atoms with Gasteiger partial charge in [0.2, 0.25) is 0 Å². The van der Waals surface area contributed by atoms with Crippen LogP contribution in [0, 0.1) is 0 Å². The van der Waals surface area contributed by atoms with E-state index in [4.69, 9.17) is 0 Å². The third-order valence-corrected chi connectivity index (χ3v) is 1.57. The quantitative estimate of drug-likeness (QED) is 0.454. The predicted octanol–water partition coefficient (Wildman–Crippen LogP) is 0.488. The first kappa shape index (κ1) is 3.90. The first-order valence-corrected chi connectivity index (χ1v) is 2.61. The molecule has 0 unspecified atom stereocenters. The van der Waals surface area contributed by atoms with Crippen LogP contribution in [-0.4, -0.2) is 0 Å². The second-order valence-electron chi connectivity index (χ2n) is 2.16. The van der Waals surface area contributed by atoms with Gasteiger partial charge in [0.25, 0.3) is 0 Å². The maximum atomic E-state index is 3.84.